The molecule has 0 bridgehead atoms. The van der Waals surface area contributed by atoms with Crippen molar-refractivity contribution in [1.29, 1.82) is 0 Å². The Morgan fingerprint density at radius 2 is 1.81 bits per heavy atom. The fourth-order valence-corrected chi connectivity index (χ4v) is 3.73. The monoisotopic (exact) mass is 498 g/mol. The first-order valence-electron chi connectivity index (χ1n) is 9.78. The molecule has 0 fully saturated rings. The largest absolute Gasteiger partial charge is 0.508 e. The van der Waals surface area contributed by atoms with Gasteiger partial charge >= 0.3 is 6.09 Å². The lowest BCUT2D eigenvalue weighted by atomic mass is 9.81. The van der Waals surface area contributed by atoms with Crippen LogP contribution >= 0.6 is 15.9 Å². The molecule has 0 aromatic heterocycles. The summed E-state index contributed by atoms with van der Waals surface area (Å²) in [5, 5.41) is 23.8. The van der Waals surface area contributed by atoms with E-state index in [1.54, 1.807) is 32.0 Å². The van der Waals surface area contributed by atoms with Gasteiger partial charge in [-0.15, -0.1) is 0 Å². The highest BCUT2D eigenvalue weighted by Crippen LogP contribution is 2.42. The van der Waals surface area contributed by atoms with Crippen molar-refractivity contribution < 1.29 is 24.6 Å². The Morgan fingerprint density at radius 3 is 2.56 bits per heavy atom. The topological polar surface area (TPSA) is 108 Å². The molecule has 4 N–H and O–H groups in total. The zero-order valence-electron chi connectivity index (χ0n) is 17.5. The molecule has 0 aliphatic rings. The van der Waals surface area contributed by atoms with E-state index in [2.05, 4.69) is 21.2 Å². The average molecular weight is 499 g/mol. The number of hydrogen-bond acceptors (Lipinski definition) is 5. The van der Waals surface area contributed by atoms with Gasteiger partial charge in [-0.25, -0.2) is 10.3 Å². The summed E-state index contributed by atoms with van der Waals surface area (Å²) in [5.74, 6) is -0.792. The number of fused-ring (bicyclic) bond motifs is 1. The van der Waals surface area contributed by atoms with Gasteiger partial charge in [-0.05, 0) is 29.7 Å². The van der Waals surface area contributed by atoms with Gasteiger partial charge in [-0.1, -0.05) is 72.3 Å². The molecule has 8 heteroatoms. The van der Waals surface area contributed by atoms with Gasteiger partial charge in [0.15, 0.2) is 0 Å². The van der Waals surface area contributed by atoms with Crippen LogP contribution in [0.2, 0.25) is 0 Å². The highest BCUT2D eigenvalue weighted by molar-refractivity contribution is 9.10. The van der Waals surface area contributed by atoms with Crippen molar-refractivity contribution in [3.63, 3.8) is 0 Å². The Labute approximate surface area is 193 Å². The third kappa shape index (κ3) is 5.46. The Hall–Kier alpha value is -3.36. The SMILES string of the molecule is CC(C)(/C=C/C(=O)NO)[C@H](OC(=O)Nc1cccc2ccccc12)c1cc(Br)ccc1O. The molecule has 3 rings (SSSR count). The van der Waals surface area contributed by atoms with Gasteiger partial charge in [0, 0.05) is 26.9 Å². The molecule has 3 aromatic carbocycles. The van der Waals surface area contributed by atoms with Gasteiger partial charge < -0.3 is 9.84 Å². The summed E-state index contributed by atoms with van der Waals surface area (Å²) in [6.07, 6.45) is 0.944. The maximum atomic E-state index is 12.9. The van der Waals surface area contributed by atoms with Crippen molar-refractivity contribution in [3.8, 4) is 5.75 Å². The van der Waals surface area contributed by atoms with Crippen molar-refractivity contribution in [2.24, 2.45) is 5.41 Å². The molecule has 0 aliphatic heterocycles. The second-order valence-electron chi connectivity index (χ2n) is 7.77. The van der Waals surface area contributed by atoms with Crippen molar-refractivity contribution in [3.05, 3.63) is 82.9 Å². The van der Waals surface area contributed by atoms with Crippen molar-refractivity contribution in [2.75, 3.05) is 5.32 Å². The van der Waals surface area contributed by atoms with Crippen LogP contribution in [-0.2, 0) is 9.53 Å². The number of hydrogen-bond donors (Lipinski definition) is 4. The van der Waals surface area contributed by atoms with Crippen LogP contribution in [0, 0.1) is 5.41 Å². The highest BCUT2D eigenvalue weighted by Gasteiger charge is 2.34. The molecule has 3 aromatic rings. The standard InChI is InChI=1S/C24H23BrN2O5/c1-24(2,13-12-21(29)27-31)22(18-14-16(25)10-11-20(18)28)32-23(30)26-19-9-5-7-15-6-3-4-8-17(15)19/h3-14,22,28,31H,1-2H3,(H,26,30)(H,27,29)/b13-12+/t22-/m1/s1. The molecule has 0 heterocycles. The predicted octanol–water partition coefficient (Wildman–Crippen LogP) is 5.69. The number of carbonyl (C=O) groups is 2. The van der Waals surface area contributed by atoms with E-state index < -0.39 is 23.5 Å². The summed E-state index contributed by atoms with van der Waals surface area (Å²) in [6.45, 7) is 3.48. The molecule has 7 nitrogen and oxygen atoms in total. The van der Waals surface area contributed by atoms with Crippen LogP contribution in [-0.4, -0.2) is 22.3 Å². The van der Waals surface area contributed by atoms with Crippen LogP contribution in [0.25, 0.3) is 10.8 Å². The number of aromatic hydroxyl groups is 1. The fraction of sp³-hybridized carbons (Fsp3) is 0.167. The number of nitrogens with one attached hydrogen (secondary N) is 2. The summed E-state index contributed by atoms with van der Waals surface area (Å²) >= 11 is 3.37. The zero-order chi connectivity index (χ0) is 23.3. The first kappa shape index (κ1) is 23.3. The van der Waals surface area contributed by atoms with Crippen LogP contribution in [0.5, 0.6) is 5.75 Å². The van der Waals surface area contributed by atoms with Gasteiger partial charge in [0.2, 0.25) is 0 Å². The number of halogens is 1. The maximum absolute atomic E-state index is 12.9. The number of anilines is 1. The lowest BCUT2D eigenvalue weighted by Crippen LogP contribution is -2.28. The molecule has 166 valence electrons. The minimum absolute atomic E-state index is 0.0655. The minimum Gasteiger partial charge on any atom is -0.508 e. The van der Waals surface area contributed by atoms with Crippen LogP contribution in [0.1, 0.15) is 25.5 Å². The van der Waals surface area contributed by atoms with E-state index in [-0.39, 0.29) is 5.75 Å². The lowest BCUT2D eigenvalue weighted by molar-refractivity contribution is -0.124. The number of ether oxygens (including phenoxy) is 1. The van der Waals surface area contributed by atoms with Crippen molar-refractivity contribution in [2.45, 2.75) is 20.0 Å². The molecule has 0 radical (unpaired) electrons. The van der Waals surface area contributed by atoms with E-state index in [0.29, 0.717) is 15.7 Å². The molecule has 0 saturated carbocycles. The summed E-state index contributed by atoms with van der Waals surface area (Å²) in [6, 6.07) is 17.9. The first-order chi connectivity index (χ1) is 15.2. The third-order valence-electron chi connectivity index (χ3n) is 4.97. The quantitative estimate of drug-likeness (QED) is 0.198. The average Bonchev–Trinajstić information content (AvgIpc) is 2.78. The van der Waals surface area contributed by atoms with E-state index in [1.165, 1.54) is 17.6 Å². The normalized spacial score (nSPS) is 12.5. The number of carbonyl (C=O) groups excluding carboxylic acids is 2. The molecule has 0 spiro atoms. The molecular weight excluding hydrogens is 476 g/mol. The molecule has 1 atom stereocenters. The number of rotatable bonds is 6. The van der Waals surface area contributed by atoms with Crippen LogP contribution in [0.4, 0.5) is 10.5 Å². The maximum Gasteiger partial charge on any atom is 0.412 e. The Morgan fingerprint density at radius 1 is 1.09 bits per heavy atom. The number of hydroxylamine groups is 1. The van der Waals surface area contributed by atoms with Gasteiger partial charge in [0.25, 0.3) is 5.91 Å². The van der Waals surface area contributed by atoms with Crippen LogP contribution in [0.15, 0.2) is 77.3 Å². The number of benzene rings is 3. The van der Waals surface area contributed by atoms with Crippen molar-refractivity contribution in [1.82, 2.24) is 5.48 Å². The van der Waals surface area contributed by atoms with Crippen LogP contribution in [0.3, 0.4) is 0 Å². The second-order valence-corrected chi connectivity index (χ2v) is 8.69. The Kier molecular flexibility index (Phi) is 7.17. The minimum atomic E-state index is -0.960. The Bertz CT molecular complexity index is 1170. The smallest absolute Gasteiger partial charge is 0.412 e. The van der Waals surface area contributed by atoms with Gasteiger partial charge in [0.05, 0.1) is 5.69 Å². The van der Waals surface area contributed by atoms with Gasteiger partial charge in [0.1, 0.15) is 11.9 Å². The summed E-state index contributed by atoms with van der Waals surface area (Å²) < 4.78 is 6.46. The first-order valence-corrected chi connectivity index (χ1v) is 10.6. The molecule has 32 heavy (non-hydrogen) atoms. The molecular formula is C24H23BrN2O5. The zero-order valence-corrected chi connectivity index (χ0v) is 19.1. The Balaban J connectivity index is 1.94. The summed E-state index contributed by atoms with van der Waals surface area (Å²) in [5.41, 5.74) is 1.53. The molecule has 2 amide bonds. The van der Waals surface area contributed by atoms with Gasteiger partial charge in [-0.2, -0.15) is 0 Å². The number of phenolic OH excluding ortho intramolecular Hbond substituents is 1. The molecule has 0 saturated heterocycles. The lowest BCUT2D eigenvalue weighted by Gasteiger charge is -2.32. The second kappa shape index (κ2) is 9.84. The predicted molar refractivity (Wildman–Crippen MR) is 125 cm³/mol. The van der Waals surface area contributed by atoms with E-state index in [1.807, 2.05) is 36.4 Å². The van der Waals surface area contributed by atoms with E-state index in [0.717, 1.165) is 16.8 Å². The van der Waals surface area contributed by atoms with E-state index >= 15 is 0 Å². The molecule has 0 unspecified atom stereocenters. The van der Waals surface area contributed by atoms with E-state index in [9.17, 15) is 14.7 Å². The summed E-state index contributed by atoms with van der Waals surface area (Å²) in [4.78, 5) is 24.4. The summed E-state index contributed by atoms with van der Waals surface area (Å²) in [7, 11) is 0. The third-order valence-corrected chi connectivity index (χ3v) is 5.47. The fourth-order valence-electron chi connectivity index (χ4n) is 3.35. The van der Waals surface area contributed by atoms with Gasteiger partial charge in [-0.3, -0.25) is 15.3 Å². The van der Waals surface area contributed by atoms with Crippen molar-refractivity contribution >= 4 is 44.4 Å². The number of amides is 2. The molecule has 0 aliphatic carbocycles. The number of phenols is 1. The van der Waals surface area contributed by atoms with E-state index in [4.69, 9.17) is 9.94 Å². The highest BCUT2D eigenvalue weighted by atomic mass is 79.9. The van der Waals surface area contributed by atoms with Crippen LogP contribution < -0.4 is 10.8 Å².